The van der Waals surface area contributed by atoms with Crippen LogP contribution in [0.1, 0.15) is 37.3 Å². The van der Waals surface area contributed by atoms with Crippen LogP contribution in [0.25, 0.3) is 5.57 Å². The lowest BCUT2D eigenvalue weighted by molar-refractivity contribution is -0.151. The highest BCUT2D eigenvalue weighted by Crippen LogP contribution is 2.43. The van der Waals surface area contributed by atoms with Crippen molar-refractivity contribution in [3.63, 3.8) is 0 Å². The van der Waals surface area contributed by atoms with Crippen molar-refractivity contribution in [1.82, 2.24) is 0 Å². The number of hydrogen-bond donors (Lipinski definition) is 0. The number of para-hydroxylation sites is 1. The molecule has 5 heteroatoms. The van der Waals surface area contributed by atoms with Crippen molar-refractivity contribution < 1.29 is 23.8 Å². The smallest absolute Gasteiger partial charge is 0.317 e. The van der Waals surface area contributed by atoms with E-state index >= 15 is 0 Å². The maximum Gasteiger partial charge on any atom is 0.317 e. The summed E-state index contributed by atoms with van der Waals surface area (Å²) in [5.74, 6) is -0.516. The summed E-state index contributed by atoms with van der Waals surface area (Å²) in [5.41, 5.74) is 2.66. The Morgan fingerprint density at radius 2 is 1.76 bits per heavy atom. The Hall–Kier alpha value is -3.08. The molecule has 0 spiro atoms. The lowest BCUT2D eigenvalue weighted by atomic mass is 9.73. The molecule has 29 heavy (non-hydrogen) atoms. The molecule has 0 aromatic heterocycles. The van der Waals surface area contributed by atoms with Crippen LogP contribution in [0.4, 0.5) is 0 Å². The summed E-state index contributed by atoms with van der Waals surface area (Å²) in [7, 11) is 1.61. The second kappa shape index (κ2) is 9.41. The number of esters is 1. The van der Waals surface area contributed by atoms with Crippen LogP contribution in [-0.2, 0) is 14.3 Å². The third-order valence-electron chi connectivity index (χ3n) is 5.08. The Labute approximate surface area is 171 Å². The summed E-state index contributed by atoms with van der Waals surface area (Å²) < 4.78 is 16.2. The third kappa shape index (κ3) is 4.50. The van der Waals surface area contributed by atoms with E-state index in [0.717, 1.165) is 22.4 Å². The van der Waals surface area contributed by atoms with Gasteiger partial charge in [-0.2, -0.15) is 0 Å². The molecule has 0 heterocycles. The van der Waals surface area contributed by atoms with Crippen molar-refractivity contribution in [2.45, 2.75) is 26.2 Å². The molecule has 0 bridgehead atoms. The maximum atomic E-state index is 13.0. The number of hydrogen-bond acceptors (Lipinski definition) is 5. The van der Waals surface area contributed by atoms with Crippen molar-refractivity contribution in [2.75, 3.05) is 20.3 Å². The van der Waals surface area contributed by atoms with Gasteiger partial charge in [0.1, 0.15) is 17.4 Å². The molecule has 5 nitrogen and oxygen atoms in total. The summed E-state index contributed by atoms with van der Waals surface area (Å²) in [6.45, 7) is 4.39. The van der Waals surface area contributed by atoms with Crippen LogP contribution in [-0.4, -0.2) is 32.1 Å². The first-order valence-electron chi connectivity index (χ1n) is 9.86. The zero-order chi connectivity index (χ0) is 20.8. The number of benzene rings is 2. The van der Waals surface area contributed by atoms with Crippen molar-refractivity contribution in [1.29, 1.82) is 0 Å². The molecule has 1 aliphatic rings. The molecule has 2 aromatic carbocycles. The third-order valence-corrected chi connectivity index (χ3v) is 5.08. The number of ketones is 1. The second-order valence-corrected chi connectivity index (χ2v) is 6.81. The number of allylic oxidation sites excluding steroid dienone is 2. The molecule has 0 N–H and O–H groups in total. The fourth-order valence-electron chi connectivity index (χ4n) is 3.76. The van der Waals surface area contributed by atoms with Gasteiger partial charge >= 0.3 is 5.97 Å². The van der Waals surface area contributed by atoms with Crippen molar-refractivity contribution in [3.8, 4) is 11.5 Å². The minimum atomic E-state index is -0.876. The molecular formula is C24H26O5. The van der Waals surface area contributed by atoms with Gasteiger partial charge in [0.05, 0.1) is 20.3 Å². The molecule has 0 saturated carbocycles. The molecule has 0 fully saturated rings. The first-order valence-corrected chi connectivity index (χ1v) is 9.86. The number of methoxy groups -OCH3 is 1. The fraction of sp³-hybridized carbons (Fsp3) is 0.333. The van der Waals surface area contributed by atoms with Gasteiger partial charge in [0.25, 0.3) is 0 Å². The van der Waals surface area contributed by atoms with Crippen LogP contribution in [0.3, 0.4) is 0 Å². The number of ether oxygens (including phenoxy) is 3. The summed E-state index contributed by atoms with van der Waals surface area (Å²) in [6.07, 6.45) is 2.11. The van der Waals surface area contributed by atoms with E-state index in [2.05, 4.69) is 0 Å². The Morgan fingerprint density at radius 3 is 2.41 bits per heavy atom. The van der Waals surface area contributed by atoms with E-state index in [0.29, 0.717) is 18.8 Å². The van der Waals surface area contributed by atoms with Crippen molar-refractivity contribution in [3.05, 3.63) is 65.7 Å². The molecule has 2 aromatic rings. The molecular weight excluding hydrogens is 368 g/mol. The molecule has 0 saturated heterocycles. The molecule has 0 unspecified atom stereocenters. The molecule has 0 aliphatic heterocycles. The number of rotatable bonds is 7. The monoisotopic (exact) mass is 394 g/mol. The van der Waals surface area contributed by atoms with Crippen LogP contribution in [0, 0.1) is 5.92 Å². The topological polar surface area (TPSA) is 61.8 Å². The normalized spacial score (nSPS) is 18.7. The Morgan fingerprint density at radius 1 is 1.03 bits per heavy atom. The van der Waals surface area contributed by atoms with Gasteiger partial charge in [0.2, 0.25) is 0 Å². The second-order valence-electron chi connectivity index (χ2n) is 6.81. The first kappa shape index (κ1) is 20.6. The lowest BCUT2D eigenvalue weighted by Crippen LogP contribution is -2.34. The highest BCUT2D eigenvalue weighted by molar-refractivity contribution is 6.10. The lowest BCUT2D eigenvalue weighted by Gasteiger charge is -2.30. The number of carbonyl (C=O) groups is 2. The van der Waals surface area contributed by atoms with Crippen LogP contribution >= 0.6 is 0 Å². The average molecular weight is 394 g/mol. The van der Waals surface area contributed by atoms with E-state index in [4.69, 9.17) is 14.2 Å². The van der Waals surface area contributed by atoms with Gasteiger partial charge < -0.3 is 14.2 Å². The van der Waals surface area contributed by atoms with Gasteiger partial charge in [-0.15, -0.1) is 0 Å². The van der Waals surface area contributed by atoms with E-state index in [1.807, 2.05) is 55.5 Å². The highest BCUT2D eigenvalue weighted by atomic mass is 16.5. The molecule has 152 valence electrons. The van der Waals surface area contributed by atoms with Gasteiger partial charge in [0.15, 0.2) is 5.78 Å². The number of carbonyl (C=O) groups excluding carboxylic acids is 2. The van der Waals surface area contributed by atoms with E-state index in [-0.39, 0.29) is 18.3 Å². The van der Waals surface area contributed by atoms with Crippen LogP contribution in [0.5, 0.6) is 11.5 Å². The average Bonchev–Trinajstić information content (AvgIpc) is 2.74. The van der Waals surface area contributed by atoms with E-state index in [9.17, 15) is 9.59 Å². The standard InChI is InChI=1S/C24H26O5/c1-4-28-22-9-7-6-8-19(22)20-14-17(16-10-12-18(27-3)13-11-16)15-21(25)23(20)24(26)29-5-2/h6-13,15,20,23H,4-5,14H2,1-3H3/t20-,23+/m0/s1. The van der Waals surface area contributed by atoms with E-state index < -0.39 is 11.9 Å². The zero-order valence-corrected chi connectivity index (χ0v) is 17.0. The Kier molecular flexibility index (Phi) is 6.70. The molecule has 0 amide bonds. The fourth-order valence-corrected chi connectivity index (χ4v) is 3.76. The van der Waals surface area contributed by atoms with Crippen LogP contribution in [0.2, 0.25) is 0 Å². The summed E-state index contributed by atoms with van der Waals surface area (Å²) >= 11 is 0. The van der Waals surface area contributed by atoms with Gasteiger partial charge in [-0.3, -0.25) is 9.59 Å². The van der Waals surface area contributed by atoms with Crippen molar-refractivity contribution >= 4 is 17.3 Å². The van der Waals surface area contributed by atoms with Gasteiger partial charge in [0, 0.05) is 5.92 Å². The van der Waals surface area contributed by atoms with Crippen molar-refractivity contribution in [2.24, 2.45) is 5.92 Å². The van der Waals surface area contributed by atoms with Gasteiger partial charge in [-0.1, -0.05) is 30.3 Å². The van der Waals surface area contributed by atoms with E-state index in [1.54, 1.807) is 20.1 Å². The van der Waals surface area contributed by atoms with E-state index in [1.165, 1.54) is 0 Å². The SMILES string of the molecule is CCOC(=O)[C@H]1C(=O)C=C(c2ccc(OC)cc2)C[C@H]1c1ccccc1OCC. The van der Waals surface area contributed by atoms with Crippen LogP contribution < -0.4 is 9.47 Å². The largest absolute Gasteiger partial charge is 0.497 e. The Balaban J connectivity index is 2.04. The summed E-state index contributed by atoms with van der Waals surface area (Å²) in [5, 5.41) is 0. The van der Waals surface area contributed by atoms with Gasteiger partial charge in [-0.05, 0) is 61.2 Å². The van der Waals surface area contributed by atoms with Crippen LogP contribution in [0.15, 0.2) is 54.6 Å². The summed E-state index contributed by atoms with van der Waals surface area (Å²) in [6, 6.07) is 15.2. The minimum Gasteiger partial charge on any atom is -0.497 e. The highest BCUT2D eigenvalue weighted by Gasteiger charge is 2.40. The maximum absolute atomic E-state index is 13.0. The first-order chi connectivity index (χ1) is 14.1. The molecule has 3 rings (SSSR count). The zero-order valence-electron chi connectivity index (χ0n) is 17.0. The predicted octanol–water partition coefficient (Wildman–Crippen LogP) is 4.41. The molecule has 0 radical (unpaired) electrons. The minimum absolute atomic E-state index is 0.234. The van der Waals surface area contributed by atoms with Gasteiger partial charge in [-0.25, -0.2) is 0 Å². The Bertz CT molecular complexity index is 898. The molecule has 1 aliphatic carbocycles. The summed E-state index contributed by atoms with van der Waals surface area (Å²) in [4.78, 5) is 25.7. The predicted molar refractivity (Wildman–Crippen MR) is 111 cm³/mol. The quantitative estimate of drug-likeness (QED) is 0.514. The molecule has 2 atom stereocenters.